The minimum absolute atomic E-state index is 0.0651. The largest absolute Gasteiger partial charge is 0.493 e. The van der Waals surface area contributed by atoms with Crippen LogP contribution >= 0.6 is 11.6 Å². The molecule has 7 nitrogen and oxygen atoms in total. The standard InChI is InChI=1S/C13H14ClN3O4/c1-7-15-16-11(17(7)2)6-21-12-9(13(18)19)4-8(14)5-10(12)20-3/h4-5H,6H2,1-3H3,(H,18,19). The van der Waals surface area contributed by atoms with Crippen LogP contribution in [0.3, 0.4) is 0 Å². The third-order valence-electron chi connectivity index (χ3n) is 3.00. The summed E-state index contributed by atoms with van der Waals surface area (Å²) >= 11 is 5.87. The van der Waals surface area contributed by atoms with E-state index in [2.05, 4.69) is 10.2 Å². The van der Waals surface area contributed by atoms with Crippen molar-refractivity contribution in [3.8, 4) is 11.5 Å². The molecule has 8 heteroatoms. The molecule has 1 N–H and O–H groups in total. The Balaban J connectivity index is 2.34. The molecule has 21 heavy (non-hydrogen) atoms. The first-order valence-corrected chi connectivity index (χ1v) is 6.40. The molecule has 0 aliphatic carbocycles. The van der Waals surface area contributed by atoms with Crippen molar-refractivity contribution in [3.05, 3.63) is 34.4 Å². The summed E-state index contributed by atoms with van der Waals surface area (Å²) in [5.74, 6) is 0.504. The molecule has 1 heterocycles. The van der Waals surface area contributed by atoms with Crippen molar-refractivity contribution in [2.45, 2.75) is 13.5 Å². The Morgan fingerprint density at radius 1 is 1.43 bits per heavy atom. The quantitative estimate of drug-likeness (QED) is 0.909. The molecule has 2 aromatic rings. The van der Waals surface area contributed by atoms with Crippen LogP contribution in [0.25, 0.3) is 0 Å². The molecule has 0 unspecified atom stereocenters. The molecule has 0 aliphatic rings. The van der Waals surface area contributed by atoms with E-state index in [0.29, 0.717) is 5.82 Å². The highest BCUT2D eigenvalue weighted by molar-refractivity contribution is 6.31. The highest BCUT2D eigenvalue weighted by Gasteiger charge is 2.19. The Hall–Kier alpha value is -2.28. The van der Waals surface area contributed by atoms with Crippen molar-refractivity contribution < 1.29 is 19.4 Å². The van der Waals surface area contributed by atoms with Crippen LogP contribution in [0.1, 0.15) is 22.0 Å². The molecule has 0 aliphatic heterocycles. The number of ether oxygens (including phenoxy) is 2. The molecule has 112 valence electrons. The van der Waals surface area contributed by atoms with E-state index >= 15 is 0 Å². The molecule has 0 saturated carbocycles. The summed E-state index contributed by atoms with van der Waals surface area (Å²) in [5.41, 5.74) is -0.0711. The van der Waals surface area contributed by atoms with Gasteiger partial charge in [0.05, 0.1) is 7.11 Å². The summed E-state index contributed by atoms with van der Waals surface area (Å²) in [5, 5.41) is 17.4. The average molecular weight is 312 g/mol. The molecule has 0 atom stereocenters. The number of methoxy groups -OCH3 is 1. The van der Waals surface area contributed by atoms with E-state index in [1.54, 1.807) is 11.6 Å². The average Bonchev–Trinajstić information content (AvgIpc) is 2.76. The van der Waals surface area contributed by atoms with Gasteiger partial charge < -0.3 is 19.1 Å². The van der Waals surface area contributed by atoms with Gasteiger partial charge in [0, 0.05) is 18.1 Å². The van der Waals surface area contributed by atoms with Crippen LogP contribution in [0.15, 0.2) is 12.1 Å². The number of nitrogens with zero attached hydrogens (tertiary/aromatic N) is 3. The van der Waals surface area contributed by atoms with E-state index in [1.165, 1.54) is 19.2 Å². The maximum atomic E-state index is 11.3. The first kappa shape index (κ1) is 15.1. The van der Waals surface area contributed by atoms with Gasteiger partial charge in [-0.3, -0.25) is 0 Å². The Bertz CT molecular complexity index is 684. The second-order valence-electron chi connectivity index (χ2n) is 4.30. The highest BCUT2D eigenvalue weighted by Crippen LogP contribution is 2.35. The van der Waals surface area contributed by atoms with Gasteiger partial charge in [0.15, 0.2) is 17.3 Å². The maximum Gasteiger partial charge on any atom is 0.339 e. The molecule has 0 amide bonds. The van der Waals surface area contributed by atoms with Crippen molar-refractivity contribution in [2.75, 3.05) is 7.11 Å². The molecule has 1 aromatic carbocycles. The summed E-state index contributed by atoms with van der Waals surface area (Å²) < 4.78 is 12.4. The van der Waals surface area contributed by atoms with Gasteiger partial charge in [-0.25, -0.2) is 4.79 Å². The summed E-state index contributed by atoms with van der Waals surface area (Å²) in [7, 11) is 3.21. The molecular weight excluding hydrogens is 298 g/mol. The van der Waals surface area contributed by atoms with Crippen LogP contribution in [-0.4, -0.2) is 33.0 Å². The fourth-order valence-corrected chi connectivity index (χ4v) is 1.95. The molecule has 0 bridgehead atoms. The first-order chi connectivity index (χ1) is 9.93. The monoisotopic (exact) mass is 311 g/mol. The van der Waals surface area contributed by atoms with Gasteiger partial charge in [-0.05, 0) is 13.0 Å². The predicted octanol–water partition coefficient (Wildman–Crippen LogP) is 2.06. The number of carbonyl (C=O) groups is 1. The van der Waals surface area contributed by atoms with Gasteiger partial charge in [0.2, 0.25) is 0 Å². The summed E-state index contributed by atoms with van der Waals surface area (Å²) in [6, 6.07) is 2.80. The van der Waals surface area contributed by atoms with E-state index in [-0.39, 0.29) is 28.7 Å². The van der Waals surface area contributed by atoms with Crippen LogP contribution < -0.4 is 9.47 Å². The van der Waals surface area contributed by atoms with Crippen LogP contribution in [0, 0.1) is 6.92 Å². The zero-order valence-electron chi connectivity index (χ0n) is 11.8. The summed E-state index contributed by atoms with van der Waals surface area (Å²) in [6.45, 7) is 1.87. The predicted molar refractivity (Wildman–Crippen MR) is 75.0 cm³/mol. The van der Waals surface area contributed by atoms with Crippen molar-refractivity contribution in [3.63, 3.8) is 0 Å². The van der Waals surface area contributed by atoms with Crippen molar-refractivity contribution >= 4 is 17.6 Å². The Morgan fingerprint density at radius 2 is 2.14 bits per heavy atom. The SMILES string of the molecule is COc1cc(Cl)cc(C(=O)O)c1OCc1nnc(C)n1C. The molecule has 0 fully saturated rings. The molecular formula is C13H14ClN3O4. The fraction of sp³-hybridized carbons (Fsp3) is 0.308. The lowest BCUT2D eigenvalue weighted by Gasteiger charge is -2.13. The topological polar surface area (TPSA) is 86.5 Å². The lowest BCUT2D eigenvalue weighted by atomic mass is 10.2. The third kappa shape index (κ3) is 3.08. The van der Waals surface area contributed by atoms with E-state index in [1.807, 2.05) is 6.92 Å². The molecule has 2 rings (SSSR count). The van der Waals surface area contributed by atoms with Crippen LogP contribution in [0.5, 0.6) is 11.5 Å². The van der Waals surface area contributed by atoms with E-state index < -0.39 is 5.97 Å². The normalized spacial score (nSPS) is 10.5. The van der Waals surface area contributed by atoms with Gasteiger partial charge in [0.25, 0.3) is 0 Å². The number of aromatic carboxylic acids is 1. The number of hydrogen-bond acceptors (Lipinski definition) is 5. The fourth-order valence-electron chi connectivity index (χ4n) is 1.74. The van der Waals surface area contributed by atoms with Gasteiger partial charge in [-0.1, -0.05) is 11.6 Å². The number of hydrogen-bond donors (Lipinski definition) is 1. The lowest BCUT2D eigenvalue weighted by Crippen LogP contribution is -2.08. The van der Waals surface area contributed by atoms with Crippen molar-refractivity contribution in [2.24, 2.45) is 7.05 Å². The second kappa shape index (κ2) is 6.01. The zero-order chi connectivity index (χ0) is 15.6. The molecule has 1 aromatic heterocycles. The molecule has 0 saturated heterocycles. The van der Waals surface area contributed by atoms with Crippen LogP contribution in [0.4, 0.5) is 0 Å². The second-order valence-corrected chi connectivity index (χ2v) is 4.74. The van der Waals surface area contributed by atoms with E-state index in [0.717, 1.165) is 5.82 Å². The number of carboxylic acids is 1. The number of aromatic nitrogens is 3. The first-order valence-electron chi connectivity index (χ1n) is 6.02. The van der Waals surface area contributed by atoms with Crippen LogP contribution in [-0.2, 0) is 13.7 Å². The smallest absolute Gasteiger partial charge is 0.339 e. The van der Waals surface area contributed by atoms with E-state index in [9.17, 15) is 9.90 Å². The van der Waals surface area contributed by atoms with Crippen molar-refractivity contribution in [1.29, 1.82) is 0 Å². The highest BCUT2D eigenvalue weighted by atomic mass is 35.5. The van der Waals surface area contributed by atoms with Gasteiger partial charge >= 0.3 is 5.97 Å². The number of benzene rings is 1. The van der Waals surface area contributed by atoms with Crippen molar-refractivity contribution in [1.82, 2.24) is 14.8 Å². The number of carboxylic acid groups (broad SMARTS) is 1. The minimum Gasteiger partial charge on any atom is -0.493 e. The number of halogens is 1. The zero-order valence-corrected chi connectivity index (χ0v) is 12.5. The minimum atomic E-state index is -1.15. The molecule has 0 spiro atoms. The van der Waals surface area contributed by atoms with Crippen LogP contribution in [0.2, 0.25) is 5.02 Å². The maximum absolute atomic E-state index is 11.3. The Kier molecular flexibility index (Phi) is 4.32. The van der Waals surface area contributed by atoms with Gasteiger partial charge in [-0.2, -0.15) is 0 Å². The Morgan fingerprint density at radius 3 is 2.67 bits per heavy atom. The Labute approximate surface area is 126 Å². The lowest BCUT2D eigenvalue weighted by molar-refractivity contribution is 0.0690. The number of rotatable bonds is 5. The van der Waals surface area contributed by atoms with E-state index in [4.69, 9.17) is 21.1 Å². The number of aryl methyl sites for hydroxylation is 1. The van der Waals surface area contributed by atoms with Gasteiger partial charge in [0.1, 0.15) is 18.0 Å². The van der Waals surface area contributed by atoms with Gasteiger partial charge in [-0.15, -0.1) is 10.2 Å². The third-order valence-corrected chi connectivity index (χ3v) is 3.22. The summed E-state index contributed by atoms with van der Waals surface area (Å²) in [4.78, 5) is 11.3. The summed E-state index contributed by atoms with van der Waals surface area (Å²) in [6.07, 6.45) is 0. The molecule has 0 radical (unpaired) electrons.